The van der Waals surface area contributed by atoms with Crippen LogP contribution in [0.5, 0.6) is 0 Å². The zero-order chi connectivity index (χ0) is 9.14. The van der Waals surface area contributed by atoms with Crippen LogP contribution in [0, 0.1) is 0 Å². The van der Waals surface area contributed by atoms with Gasteiger partial charge in [0.1, 0.15) is 0 Å². The van der Waals surface area contributed by atoms with Crippen LogP contribution in [0.15, 0.2) is 0 Å². The normalized spacial score (nSPS) is 23.2. The first-order valence-corrected chi connectivity index (χ1v) is 4.18. The predicted octanol–water partition coefficient (Wildman–Crippen LogP) is -0.992. The molecule has 1 atom stereocenters. The summed E-state index contributed by atoms with van der Waals surface area (Å²) in [6, 6.07) is 0.382. The molecule has 0 spiro atoms. The van der Waals surface area contributed by atoms with E-state index in [-0.39, 0.29) is 14.0 Å². The third-order valence-electron chi connectivity index (χ3n) is 2.37. The zero-order valence-electron chi connectivity index (χ0n) is 7.62. The molecule has 0 aromatic rings. The van der Waals surface area contributed by atoms with Crippen molar-refractivity contribution in [1.82, 2.24) is 9.80 Å². The maximum absolute atomic E-state index is 10.3. The summed E-state index contributed by atoms with van der Waals surface area (Å²) in [5.74, 6) is -0.993. The van der Waals surface area contributed by atoms with Crippen LogP contribution in [0.3, 0.4) is 0 Å². The number of nitrogens with zero attached hydrogens (tertiary/aromatic N) is 2. The monoisotopic (exact) mass is 187 g/mol. The Bertz CT molecular complexity index is 173. The Morgan fingerprint density at radius 1 is 1.69 bits per heavy atom. The van der Waals surface area contributed by atoms with E-state index in [1.807, 2.05) is 19.0 Å². The SMILES string of the molecule is C.CN1CCC(N(C)CC(=O)[O-])C1. The number of hydrogen-bond acceptors (Lipinski definition) is 4. The van der Waals surface area contributed by atoms with Gasteiger partial charge in [-0.05, 0) is 27.1 Å². The highest BCUT2D eigenvalue weighted by Crippen LogP contribution is 2.11. The van der Waals surface area contributed by atoms with Crippen LogP contribution in [0.4, 0.5) is 0 Å². The quantitative estimate of drug-likeness (QED) is 0.569. The van der Waals surface area contributed by atoms with Gasteiger partial charge in [0.2, 0.25) is 0 Å². The van der Waals surface area contributed by atoms with Gasteiger partial charge in [-0.2, -0.15) is 0 Å². The lowest BCUT2D eigenvalue weighted by Gasteiger charge is -2.24. The van der Waals surface area contributed by atoms with Crippen molar-refractivity contribution in [1.29, 1.82) is 0 Å². The Kier molecular flexibility index (Phi) is 4.95. The summed E-state index contributed by atoms with van der Waals surface area (Å²) in [5.41, 5.74) is 0. The van der Waals surface area contributed by atoms with E-state index in [2.05, 4.69) is 4.90 Å². The number of likely N-dealkylation sites (tertiary alicyclic amines) is 1. The van der Waals surface area contributed by atoms with Crippen LogP contribution in [-0.2, 0) is 4.79 Å². The summed E-state index contributed by atoms with van der Waals surface area (Å²) in [6.45, 7) is 2.06. The second-order valence-electron chi connectivity index (χ2n) is 3.49. The summed E-state index contributed by atoms with van der Waals surface area (Å²) in [6.07, 6.45) is 1.06. The van der Waals surface area contributed by atoms with Crippen molar-refractivity contribution in [2.45, 2.75) is 19.9 Å². The lowest BCUT2D eigenvalue weighted by Crippen LogP contribution is -2.42. The van der Waals surface area contributed by atoms with Gasteiger partial charge in [-0.15, -0.1) is 0 Å². The molecule has 1 fully saturated rings. The van der Waals surface area contributed by atoms with E-state index in [1.165, 1.54) is 0 Å². The van der Waals surface area contributed by atoms with Crippen molar-refractivity contribution in [3.05, 3.63) is 0 Å². The van der Waals surface area contributed by atoms with Crippen molar-refractivity contribution in [3.8, 4) is 0 Å². The smallest absolute Gasteiger partial charge is 0.0555 e. The summed E-state index contributed by atoms with van der Waals surface area (Å²) in [4.78, 5) is 14.3. The molecule has 1 aliphatic rings. The van der Waals surface area contributed by atoms with Gasteiger partial charge < -0.3 is 14.8 Å². The number of rotatable bonds is 3. The van der Waals surface area contributed by atoms with Crippen molar-refractivity contribution < 1.29 is 9.90 Å². The topological polar surface area (TPSA) is 46.6 Å². The Hall–Kier alpha value is -0.610. The molecule has 0 N–H and O–H groups in total. The van der Waals surface area contributed by atoms with Crippen molar-refractivity contribution in [2.75, 3.05) is 33.7 Å². The van der Waals surface area contributed by atoms with E-state index < -0.39 is 5.97 Å². The third kappa shape index (κ3) is 3.74. The van der Waals surface area contributed by atoms with E-state index in [0.29, 0.717) is 6.04 Å². The lowest BCUT2D eigenvalue weighted by molar-refractivity contribution is -0.306. The van der Waals surface area contributed by atoms with Gasteiger partial charge in [-0.1, -0.05) is 7.43 Å². The van der Waals surface area contributed by atoms with Gasteiger partial charge in [-0.25, -0.2) is 0 Å². The Morgan fingerprint density at radius 2 is 2.31 bits per heavy atom. The first kappa shape index (κ1) is 12.4. The summed E-state index contributed by atoms with van der Waals surface area (Å²) < 4.78 is 0. The molecule has 4 heteroatoms. The fourth-order valence-corrected chi connectivity index (χ4v) is 1.60. The van der Waals surface area contributed by atoms with Gasteiger partial charge in [0.05, 0.1) is 5.97 Å². The molecule has 1 saturated heterocycles. The summed E-state index contributed by atoms with van der Waals surface area (Å²) in [7, 11) is 3.88. The minimum atomic E-state index is -0.993. The highest BCUT2D eigenvalue weighted by molar-refractivity contribution is 5.66. The zero-order valence-corrected chi connectivity index (χ0v) is 7.62. The van der Waals surface area contributed by atoms with Gasteiger partial charge in [0.25, 0.3) is 0 Å². The van der Waals surface area contributed by atoms with Gasteiger partial charge in [0, 0.05) is 19.1 Å². The average molecular weight is 187 g/mol. The molecule has 78 valence electrons. The van der Waals surface area contributed by atoms with Gasteiger partial charge in [0.15, 0.2) is 0 Å². The molecule has 0 aliphatic carbocycles. The third-order valence-corrected chi connectivity index (χ3v) is 2.37. The molecule has 1 unspecified atom stereocenters. The lowest BCUT2D eigenvalue weighted by atomic mass is 10.2. The second-order valence-corrected chi connectivity index (χ2v) is 3.49. The number of carboxylic acids is 1. The van der Waals surface area contributed by atoms with Crippen molar-refractivity contribution in [2.24, 2.45) is 0 Å². The molecule has 0 aromatic heterocycles. The molecule has 1 aliphatic heterocycles. The fourth-order valence-electron chi connectivity index (χ4n) is 1.60. The van der Waals surface area contributed by atoms with E-state index in [4.69, 9.17) is 0 Å². The highest BCUT2D eigenvalue weighted by atomic mass is 16.4. The van der Waals surface area contributed by atoms with Crippen LogP contribution in [0.2, 0.25) is 0 Å². The molecular weight excluding hydrogens is 168 g/mol. The van der Waals surface area contributed by atoms with Crippen molar-refractivity contribution in [3.63, 3.8) is 0 Å². The number of carboxylic acid groups (broad SMARTS) is 1. The van der Waals surface area contributed by atoms with E-state index >= 15 is 0 Å². The molecule has 13 heavy (non-hydrogen) atoms. The Balaban J connectivity index is 0.00000144. The molecular formula is C9H19N2O2-. The molecule has 1 heterocycles. The van der Waals surface area contributed by atoms with E-state index in [0.717, 1.165) is 19.5 Å². The molecule has 0 radical (unpaired) electrons. The predicted molar refractivity (Wildman–Crippen MR) is 50.3 cm³/mol. The number of carbonyl (C=O) groups is 1. The van der Waals surface area contributed by atoms with Gasteiger partial charge in [-0.3, -0.25) is 4.90 Å². The van der Waals surface area contributed by atoms with Crippen LogP contribution in [0.25, 0.3) is 0 Å². The van der Waals surface area contributed by atoms with Crippen molar-refractivity contribution >= 4 is 5.97 Å². The number of likely N-dealkylation sites (N-methyl/N-ethyl adjacent to an activating group) is 2. The molecule has 0 bridgehead atoms. The first-order chi connectivity index (χ1) is 5.59. The molecule has 0 amide bonds. The highest BCUT2D eigenvalue weighted by Gasteiger charge is 2.22. The molecule has 4 nitrogen and oxygen atoms in total. The maximum atomic E-state index is 10.3. The second kappa shape index (κ2) is 5.19. The van der Waals surface area contributed by atoms with E-state index in [9.17, 15) is 9.90 Å². The Labute approximate surface area is 80.1 Å². The van der Waals surface area contributed by atoms with Crippen LogP contribution >= 0.6 is 0 Å². The van der Waals surface area contributed by atoms with Crippen LogP contribution in [0.1, 0.15) is 13.8 Å². The first-order valence-electron chi connectivity index (χ1n) is 4.18. The molecule has 1 rings (SSSR count). The minimum absolute atomic E-state index is 0. The summed E-state index contributed by atoms with van der Waals surface area (Å²) >= 11 is 0. The maximum Gasteiger partial charge on any atom is 0.0555 e. The number of aliphatic carboxylic acids is 1. The minimum Gasteiger partial charge on any atom is -0.549 e. The van der Waals surface area contributed by atoms with Gasteiger partial charge >= 0.3 is 0 Å². The van der Waals surface area contributed by atoms with Crippen LogP contribution < -0.4 is 5.11 Å². The molecule has 0 aromatic carbocycles. The molecule has 0 saturated carbocycles. The van der Waals surface area contributed by atoms with Crippen LogP contribution in [-0.4, -0.2) is 55.5 Å². The largest absolute Gasteiger partial charge is 0.549 e. The summed E-state index contributed by atoms with van der Waals surface area (Å²) in [5, 5.41) is 10.3. The van der Waals surface area contributed by atoms with E-state index in [1.54, 1.807) is 0 Å². The average Bonchev–Trinajstić information content (AvgIpc) is 2.34. The Morgan fingerprint density at radius 3 is 2.69 bits per heavy atom. The number of hydrogen-bond donors (Lipinski definition) is 0. The number of carbonyl (C=O) groups excluding carboxylic acids is 1. The standard InChI is InChI=1S/C8H16N2O2.CH4/c1-9-4-3-7(5-9)10(2)6-8(11)12;/h7H,3-6H2,1-2H3,(H,11,12);1H4/p-1. The fraction of sp³-hybridized carbons (Fsp3) is 0.889.